The highest BCUT2D eigenvalue weighted by atomic mass is 16.5. The van der Waals surface area contributed by atoms with Gasteiger partial charge in [0.2, 0.25) is 0 Å². The smallest absolute Gasteiger partial charge is 0.265 e. The molecule has 1 amide bonds. The molecule has 140 valence electrons. The van der Waals surface area contributed by atoms with Crippen LogP contribution in [0.4, 0.5) is 5.69 Å². The van der Waals surface area contributed by atoms with Crippen molar-refractivity contribution >= 4 is 11.6 Å². The third-order valence-corrected chi connectivity index (χ3v) is 3.90. The summed E-state index contributed by atoms with van der Waals surface area (Å²) in [5, 5.41) is 10.4. The predicted octanol–water partition coefficient (Wildman–Crippen LogP) is 2.69. The van der Waals surface area contributed by atoms with Crippen LogP contribution in [0, 0.1) is 0 Å². The van der Waals surface area contributed by atoms with E-state index in [0.717, 1.165) is 5.69 Å². The maximum Gasteiger partial charge on any atom is 0.265 e. The van der Waals surface area contributed by atoms with E-state index in [0.29, 0.717) is 22.9 Å². The quantitative estimate of drug-likeness (QED) is 0.690. The van der Waals surface area contributed by atoms with Crippen LogP contribution in [-0.2, 0) is 4.79 Å². The van der Waals surface area contributed by atoms with Gasteiger partial charge in [-0.3, -0.25) is 9.36 Å². The molecule has 0 spiro atoms. The maximum atomic E-state index is 12.6. The zero-order valence-electron chi connectivity index (χ0n) is 15.2. The Hall–Kier alpha value is -3.55. The van der Waals surface area contributed by atoms with Crippen molar-refractivity contribution in [3.8, 4) is 22.9 Å². The zero-order chi connectivity index (χ0) is 19.2. The summed E-state index contributed by atoms with van der Waals surface area (Å²) in [6, 6.07) is 12.5. The normalized spacial score (nSPS) is 11.5. The molecule has 0 aliphatic rings. The number of hydrogen-bond donors (Lipinski definition) is 1. The number of para-hydroxylation sites is 2. The molecule has 1 heterocycles. The van der Waals surface area contributed by atoms with E-state index >= 15 is 0 Å². The van der Waals surface area contributed by atoms with Crippen molar-refractivity contribution < 1.29 is 19.0 Å². The largest absolute Gasteiger partial charge is 0.495 e. The SMILES string of the molecule is COc1ccc(-n2cnnc2)cc1NC(=O)C(C)Oc1ccccc1OC. The van der Waals surface area contributed by atoms with E-state index in [1.165, 1.54) is 7.11 Å². The van der Waals surface area contributed by atoms with Gasteiger partial charge in [0, 0.05) is 0 Å². The third-order valence-electron chi connectivity index (χ3n) is 3.90. The second-order valence-electron chi connectivity index (χ2n) is 5.65. The first-order valence-electron chi connectivity index (χ1n) is 8.26. The van der Waals surface area contributed by atoms with Crippen LogP contribution < -0.4 is 19.5 Å². The first kappa shape index (κ1) is 18.2. The summed E-state index contributed by atoms with van der Waals surface area (Å²) in [5.41, 5.74) is 1.30. The number of rotatable bonds is 7. The zero-order valence-corrected chi connectivity index (χ0v) is 15.2. The van der Waals surface area contributed by atoms with Crippen molar-refractivity contribution in [3.05, 3.63) is 55.1 Å². The molecule has 0 saturated heterocycles. The molecule has 0 aliphatic carbocycles. The van der Waals surface area contributed by atoms with Gasteiger partial charge < -0.3 is 19.5 Å². The van der Waals surface area contributed by atoms with E-state index in [-0.39, 0.29) is 5.91 Å². The van der Waals surface area contributed by atoms with E-state index in [4.69, 9.17) is 14.2 Å². The number of anilines is 1. The molecule has 3 rings (SSSR count). The summed E-state index contributed by atoms with van der Waals surface area (Å²) < 4.78 is 18.1. The van der Waals surface area contributed by atoms with Gasteiger partial charge in [0.1, 0.15) is 18.4 Å². The van der Waals surface area contributed by atoms with Crippen LogP contribution in [0.15, 0.2) is 55.1 Å². The average Bonchev–Trinajstić information content (AvgIpc) is 3.23. The van der Waals surface area contributed by atoms with Gasteiger partial charge in [0.25, 0.3) is 5.91 Å². The lowest BCUT2D eigenvalue weighted by Crippen LogP contribution is -2.30. The van der Waals surface area contributed by atoms with Gasteiger partial charge in [-0.1, -0.05) is 12.1 Å². The Morgan fingerprint density at radius 3 is 2.33 bits per heavy atom. The van der Waals surface area contributed by atoms with Crippen molar-refractivity contribution in [2.45, 2.75) is 13.0 Å². The molecule has 1 aromatic heterocycles. The summed E-state index contributed by atoms with van der Waals surface area (Å²) in [5.74, 6) is 1.27. The van der Waals surface area contributed by atoms with E-state index < -0.39 is 6.10 Å². The highest BCUT2D eigenvalue weighted by Gasteiger charge is 2.19. The maximum absolute atomic E-state index is 12.6. The Balaban J connectivity index is 1.77. The number of nitrogens with zero attached hydrogens (tertiary/aromatic N) is 3. The Labute approximate surface area is 156 Å². The fourth-order valence-corrected chi connectivity index (χ4v) is 2.48. The Morgan fingerprint density at radius 1 is 1.00 bits per heavy atom. The molecule has 0 aliphatic heterocycles. The molecule has 2 aromatic carbocycles. The monoisotopic (exact) mass is 368 g/mol. The Morgan fingerprint density at radius 2 is 1.67 bits per heavy atom. The lowest BCUT2D eigenvalue weighted by molar-refractivity contribution is -0.122. The third kappa shape index (κ3) is 4.17. The van der Waals surface area contributed by atoms with Crippen molar-refractivity contribution in [2.75, 3.05) is 19.5 Å². The molecule has 0 radical (unpaired) electrons. The summed E-state index contributed by atoms with van der Waals surface area (Å²) in [6.07, 6.45) is 2.39. The number of hydrogen-bond acceptors (Lipinski definition) is 6. The van der Waals surface area contributed by atoms with Crippen LogP contribution in [0.1, 0.15) is 6.92 Å². The summed E-state index contributed by atoms with van der Waals surface area (Å²) in [4.78, 5) is 12.6. The number of carbonyl (C=O) groups is 1. The van der Waals surface area contributed by atoms with Gasteiger partial charge in [0.05, 0.1) is 25.6 Å². The average molecular weight is 368 g/mol. The van der Waals surface area contributed by atoms with Crippen LogP contribution in [0.5, 0.6) is 17.2 Å². The highest BCUT2D eigenvalue weighted by molar-refractivity contribution is 5.95. The van der Waals surface area contributed by atoms with Gasteiger partial charge in [-0.05, 0) is 37.3 Å². The lowest BCUT2D eigenvalue weighted by atomic mass is 10.2. The van der Waals surface area contributed by atoms with Crippen molar-refractivity contribution in [2.24, 2.45) is 0 Å². The first-order chi connectivity index (χ1) is 13.1. The molecule has 3 aromatic rings. The van der Waals surface area contributed by atoms with Gasteiger partial charge in [-0.15, -0.1) is 10.2 Å². The second kappa shape index (κ2) is 8.22. The minimum Gasteiger partial charge on any atom is -0.495 e. The van der Waals surface area contributed by atoms with Crippen LogP contribution in [0.2, 0.25) is 0 Å². The molecule has 8 nitrogen and oxygen atoms in total. The van der Waals surface area contributed by atoms with Gasteiger partial charge >= 0.3 is 0 Å². The Kier molecular flexibility index (Phi) is 5.55. The topological polar surface area (TPSA) is 87.5 Å². The van der Waals surface area contributed by atoms with E-state index in [9.17, 15) is 4.79 Å². The molecule has 0 bridgehead atoms. The number of aromatic nitrogens is 3. The standard InChI is InChI=1S/C19H20N4O4/c1-13(27-18-7-5-4-6-17(18)26-3)19(24)22-15-10-14(8-9-16(15)25-2)23-11-20-21-12-23/h4-13H,1-3H3,(H,22,24). The molecule has 1 N–H and O–H groups in total. The van der Waals surface area contributed by atoms with Crippen LogP contribution in [0.3, 0.4) is 0 Å². The van der Waals surface area contributed by atoms with Crippen LogP contribution in [-0.4, -0.2) is 41.0 Å². The lowest BCUT2D eigenvalue weighted by Gasteiger charge is -2.18. The van der Waals surface area contributed by atoms with E-state index in [1.54, 1.807) is 55.5 Å². The van der Waals surface area contributed by atoms with Gasteiger partial charge in [0.15, 0.2) is 17.6 Å². The number of amides is 1. The molecule has 27 heavy (non-hydrogen) atoms. The molecular weight excluding hydrogens is 348 g/mol. The van der Waals surface area contributed by atoms with Gasteiger partial charge in [-0.25, -0.2) is 0 Å². The van der Waals surface area contributed by atoms with Crippen LogP contribution >= 0.6 is 0 Å². The van der Waals surface area contributed by atoms with E-state index in [2.05, 4.69) is 15.5 Å². The molecule has 0 fully saturated rings. The second-order valence-corrected chi connectivity index (χ2v) is 5.65. The summed E-state index contributed by atoms with van der Waals surface area (Å²) in [6.45, 7) is 1.66. The minimum atomic E-state index is -0.746. The first-order valence-corrected chi connectivity index (χ1v) is 8.26. The number of nitrogens with one attached hydrogen (secondary N) is 1. The molecule has 1 atom stereocenters. The Bertz CT molecular complexity index is 912. The van der Waals surface area contributed by atoms with Crippen molar-refractivity contribution in [3.63, 3.8) is 0 Å². The fourth-order valence-electron chi connectivity index (χ4n) is 2.48. The molecule has 1 unspecified atom stereocenters. The molecular formula is C19H20N4O4. The fraction of sp³-hybridized carbons (Fsp3) is 0.211. The van der Waals surface area contributed by atoms with E-state index in [1.807, 2.05) is 18.2 Å². The summed E-state index contributed by atoms with van der Waals surface area (Å²) in [7, 11) is 3.09. The van der Waals surface area contributed by atoms with Crippen molar-refractivity contribution in [1.82, 2.24) is 14.8 Å². The molecule has 0 saturated carbocycles. The van der Waals surface area contributed by atoms with Gasteiger partial charge in [-0.2, -0.15) is 0 Å². The number of methoxy groups -OCH3 is 2. The summed E-state index contributed by atoms with van der Waals surface area (Å²) >= 11 is 0. The van der Waals surface area contributed by atoms with Crippen LogP contribution in [0.25, 0.3) is 5.69 Å². The number of benzene rings is 2. The highest BCUT2D eigenvalue weighted by Crippen LogP contribution is 2.29. The number of carbonyl (C=O) groups excluding carboxylic acids is 1. The number of ether oxygens (including phenoxy) is 3. The minimum absolute atomic E-state index is 0.319. The van der Waals surface area contributed by atoms with Crippen molar-refractivity contribution in [1.29, 1.82) is 0 Å². The molecule has 8 heteroatoms. The predicted molar refractivity (Wildman–Crippen MR) is 99.6 cm³/mol.